The monoisotopic (exact) mass is 356 g/mol. The highest BCUT2D eigenvalue weighted by Crippen LogP contribution is 2.22. The lowest BCUT2D eigenvalue weighted by molar-refractivity contribution is -0.137. The number of rotatable bonds is 7. The zero-order chi connectivity index (χ0) is 18.5. The molecule has 2 N–H and O–H groups in total. The summed E-state index contributed by atoms with van der Waals surface area (Å²) in [4.78, 5) is 24.9. The lowest BCUT2D eigenvalue weighted by Crippen LogP contribution is -2.34. The highest BCUT2D eigenvalue weighted by atomic mass is 19.1. The Kier molecular flexibility index (Phi) is 5.28. The van der Waals surface area contributed by atoms with E-state index in [1.807, 2.05) is 0 Å². The molecule has 0 atom stereocenters. The number of aliphatic hydroxyl groups excluding tert-OH is 1. The van der Waals surface area contributed by atoms with Crippen LogP contribution in [0.2, 0.25) is 0 Å². The van der Waals surface area contributed by atoms with Gasteiger partial charge in [0.1, 0.15) is 23.9 Å². The zero-order valence-electron chi connectivity index (χ0n) is 13.8. The van der Waals surface area contributed by atoms with E-state index in [-0.39, 0.29) is 31.3 Å². The zero-order valence-corrected chi connectivity index (χ0v) is 13.8. The first-order valence-corrected chi connectivity index (χ1v) is 7.99. The molecule has 7 heteroatoms. The second-order valence-electron chi connectivity index (χ2n) is 5.64. The number of nitrogens with zero attached hydrogens (tertiary/aromatic N) is 1. The van der Waals surface area contributed by atoms with Gasteiger partial charge in [-0.25, -0.2) is 4.39 Å². The second-order valence-corrected chi connectivity index (χ2v) is 5.64. The molecule has 1 heterocycles. The van der Waals surface area contributed by atoms with Crippen LogP contribution in [0, 0.1) is 5.82 Å². The molecule has 0 unspecified atom stereocenters. The molecule has 6 nitrogen and oxygen atoms in total. The van der Waals surface area contributed by atoms with Crippen LogP contribution in [0.4, 0.5) is 10.1 Å². The molecule has 0 spiro atoms. The van der Waals surface area contributed by atoms with Crippen molar-refractivity contribution in [3.05, 3.63) is 71.7 Å². The van der Waals surface area contributed by atoms with Crippen molar-refractivity contribution in [3.8, 4) is 5.75 Å². The van der Waals surface area contributed by atoms with E-state index in [2.05, 4.69) is 5.32 Å². The summed E-state index contributed by atoms with van der Waals surface area (Å²) in [5, 5.41) is 11.8. The predicted octanol–water partition coefficient (Wildman–Crippen LogP) is 2.06. The quantitative estimate of drug-likeness (QED) is 0.743. The lowest BCUT2D eigenvalue weighted by atomic mass is 10.2. The number of amides is 2. The van der Waals surface area contributed by atoms with Gasteiger partial charge in [0.05, 0.1) is 13.2 Å². The summed E-state index contributed by atoms with van der Waals surface area (Å²) < 4.78 is 18.6. The van der Waals surface area contributed by atoms with E-state index in [0.29, 0.717) is 11.4 Å². The summed E-state index contributed by atoms with van der Waals surface area (Å²) in [5.74, 6) is -0.694. The molecule has 0 saturated heterocycles. The molecule has 0 bridgehead atoms. The van der Waals surface area contributed by atoms with E-state index < -0.39 is 11.8 Å². The maximum Gasteiger partial charge on any atom is 0.277 e. The average molecular weight is 356 g/mol. The van der Waals surface area contributed by atoms with Gasteiger partial charge in [-0.15, -0.1) is 0 Å². The van der Waals surface area contributed by atoms with Crippen LogP contribution in [0.15, 0.2) is 60.3 Å². The number of ether oxygens (including phenoxy) is 1. The molecular weight excluding hydrogens is 339 g/mol. The molecule has 1 aliphatic rings. The third kappa shape index (κ3) is 4.07. The Bertz CT molecular complexity index is 849. The van der Waals surface area contributed by atoms with Crippen molar-refractivity contribution in [3.63, 3.8) is 0 Å². The first kappa shape index (κ1) is 17.6. The third-order valence-electron chi connectivity index (χ3n) is 3.76. The fourth-order valence-electron chi connectivity index (χ4n) is 2.48. The second kappa shape index (κ2) is 7.79. The highest BCUT2D eigenvalue weighted by Gasteiger charge is 2.30. The predicted molar refractivity (Wildman–Crippen MR) is 92.7 cm³/mol. The number of hydrogen-bond donors (Lipinski definition) is 2. The van der Waals surface area contributed by atoms with Gasteiger partial charge in [0.25, 0.3) is 11.8 Å². The van der Waals surface area contributed by atoms with E-state index >= 15 is 0 Å². The summed E-state index contributed by atoms with van der Waals surface area (Å²) in [6.45, 7) is -0.0560. The summed E-state index contributed by atoms with van der Waals surface area (Å²) in [6.07, 6.45) is 1.20. The maximum absolute atomic E-state index is 12.9. The number of β-amino-alcohol motifs (C(OH)–C–C–N with tert-alkyl or cyclic N) is 1. The van der Waals surface area contributed by atoms with Crippen molar-refractivity contribution in [1.29, 1.82) is 0 Å². The van der Waals surface area contributed by atoms with Gasteiger partial charge in [0.2, 0.25) is 0 Å². The molecule has 2 aromatic carbocycles. The molecule has 2 amide bonds. The number of anilines is 1. The van der Waals surface area contributed by atoms with Gasteiger partial charge in [-0.05, 0) is 29.8 Å². The van der Waals surface area contributed by atoms with Gasteiger partial charge in [0.15, 0.2) is 0 Å². The summed E-state index contributed by atoms with van der Waals surface area (Å²) in [7, 11) is 0. The molecule has 0 aliphatic carbocycles. The van der Waals surface area contributed by atoms with Crippen molar-refractivity contribution in [1.82, 2.24) is 4.90 Å². The van der Waals surface area contributed by atoms with Gasteiger partial charge >= 0.3 is 0 Å². The van der Waals surface area contributed by atoms with Gasteiger partial charge in [-0.2, -0.15) is 0 Å². The van der Waals surface area contributed by atoms with Crippen molar-refractivity contribution in [2.75, 3.05) is 18.5 Å². The largest absolute Gasteiger partial charge is 0.489 e. The third-order valence-corrected chi connectivity index (χ3v) is 3.76. The van der Waals surface area contributed by atoms with E-state index in [0.717, 1.165) is 10.5 Å². The fourth-order valence-corrected chi connectivity index (χ4v) is 2.48. The maximum atomic E-state index is 12.9. The highest BCUT2D eigenvalue weighted by molar-refractivity contribution is 6.17. The SMILES string of the molecule is O=C1C=C(Nc2cccc(OCc3ccc(F)cc3)c2)C(=O)N1CCO. The number of aliphatic hydroxyl groups is 1. The molecule has 2 aromatic rings. The van der Waals surface area contributed by atoms with Crippen molar-refractivity contribution in [2.45, 2.75) is 6.61 Å². The molecule has 134 valence electrons. The Morgan fingerprint density at radius 1 is 1.12 bits per heavy atom. The van der Waals surface area contributed by atoms with Crippen LogP contribution in [0.5, 0.6) is 5.75 Å². The number of imide groups is 1. The topological polar surface area (TPSA) is 78.9 Å². The van der Waals surface area contributed by atoms with Crippen LogP contribution in [0.3, 0.4) is 0 Å². The number of nitrogens with one attached hydrogen (secondary N) is 1. The van der Waals surface area contributed by atoms with Gasteiger partial charge in [-0.1, -0.05) is 18.2 Å². The van der Waals surface area contributed by atoms with E-state index in [9.17, 15) is 14.0 Å². The van der Waals surface area contributed by atoms with Crippen LogP contribution in [-0.2, 0) is 16.2 Å². The molecule has 0 fully saturated rings. The lowest BCUT2D eigenvalue weighted by Gasteiger charge is -2.14. The summed E-state index contributed by atoms with van der Waals surface area (Å²) >= 11 is 0. The van der Waals surface area contributed by atoms with E-state index in [4.69, 9.17) is 9.84 Å². The Morgan fingerprint density at radius 2 is 1.88 bits per heavy atom. The smallest absolute Gasteiger partial charge is 0.277 e. The molecule has 0 radical (unpaired) electrons. The van der Waals surface area contributed by atoms with Crippen LogP contribution >= 0.6 is 0 Å². The first-order chi connectivity index (χ1) is 12.6. The van der Waals surface area contributed by atoms with Gasteiger partial charge in [-0.3, -0.25) is 14.5 Å². The molecular formula is C19H17FN2O4. The summed E-state index contributed by atoms with van der Waals surface area (Å²) in [5.41, 5.74) is 1.54. The molecule has 0 saturated carbocycles. The molecule has 1 aliphatic heterocycles. The van der Waals surface area contributed by atoms with Gasteiger partial charge in [0, 0.05) is 17.8 Å². The van der Waals surface area contributed by atoms with E-state index in [1.165, 1.54) is 18.2 Å². The van der Waals surface area contributed by atoms with E-state index in [1.54, 1.807) is 36.4 Å². The van der Waals surface area contributed by atoms with Gasteiger partial charge < -0.3 is 15.2 Å². The minimum atomic E-state index is -0.485. The van der Waals surface area contributed by atoms with Crippen LogP contribution in [-0.4, -0.2) is 35.0 Å². The minimum Gasteiger partial charge on any atom is -0.489 e. The first-order valence-electron chi connectivity index (χ1n) is 7.99. The number of hydrogen-bond acceptors (Lipinski definition) is 5. The number of carbonyl (C=O) groups is 2. The normalized spacial score (nSPS) is 13.8. The van der Waals surface area contributed by atoms with Crippen molar-refractivity contribution >= 4 is 17.5 Å². The Labute approximate surface area is 149 Å². The Morgan fingerprint density at radius 3 is 2.62 bits per heavy atom. The Balaban J connectivity index is 1.64. The van der Waals surface area contributed by atoms with Crippen molar-refractivity contribution in [2.24, 2.45) is 0 Å². The average Bonchev–Trinajstić information content (AvgIpc) is 2.89. The number of halogens is 1. The molecule has 3 rings (SSSR count). The molecule has 26 heavy (non-hydrogen) atoms. The molecule has 0 aromatic heterocycles. The number of carbonyl (C=O) groups excluding carboxylic acids is 2. The minimum absolute atomic E-state index is 0.0415. The standard InChI is InChI=1S/C19H17FN2O4/c20-14-6-4-13(5-7-14)12-26-16-3-1-2-15(10-16)21-17-11-18(24)22(8-9-23)19(17)25/h1-7,10-11,21,23H,8-9,12H2. The Hall–Kier alpha value is -3.19. The van der Waals surface area contributed by atoms with Crippen LogP contribution in [0.1, 0.15) is 5.56 Å². The summed E-state index contributed by atoms with van der Waals surface area (Å²) in [6, 6.07) is 12.9. The number of benzene rings is 2. The fraction of sp³-hybridized carbons (Fsp3) is 0.158. The van der Waals surface area contributed by atoms with Crippen molar-refractivity contribution < 1.29 is 23.8 Å². The van der Waals surface area contributed by atoms with Crippen LogP contribution < -0.4 is 10.1 Å². The van der Waals surface area contributed by atoms with Crippen LogP contribution in [0.25, 0.3) is 0 Å².